The molecule has 4 N–H and O–H groups in total. The van der Waals surface area contributed by atoms with Gasteiger partial charge in [0.15, 0.2) is 16.5 Å². The van der Waals surface area contributed by atoms with Crippen molar-refractivity contribution < 1.29 is 33.6 Å². The molecule has 3 aromatic heterocycles. The summed E-state index contributed by atoms with van der Waals surface area (Å²) in [6, 6.07) is 4.95. The number of nitrogens with two attached hydrogens (primary N) is 1. The number of fused-ring (bicyclic) bond motifs is 2. The van der Waals surface area contributed by atoms with Gasteiger partial charge >= 0.3 is 5.97 Å². The number of nitrogens with zero attached hydrogens (tertiary/aromatic N) is 6. The molecule has 0 aromatic carbocycles. The topological polar surface area (TPSA) is 168 Å². The van der Waals surface area contributed by atoms with E-state index in [4.69, 9.17) is 15.3 Å². The van der Waals surface area contributed by atoms with E-state index in [0.29, 0.717) is 31.1 Å². The number of rotatable bonds is 9. The number of anilines is 1. The summed E-state index contributed by atoms with van der Waals surface area (Å²) < 4.78 is 9.60. The molecule has 42 heavy (non-hydrogen) atoms. The molecule has 14 nitrogen and oxygen atoms in total. The average molecular weight is 614 g/mol. The zero-order valence-corrected chi connectivity index (χ0v) is 24.3. The zero-order valence-electron chi connectivity index (χ0n) is 22.6. The second kappa shape index (κ2) is 11.7. The van der Waals surface area contributed by atoms with Crippen LogP contribution in [-0.2, 0) is 37.0 Å². The smallest absolute Gasteiger partial charge is 0.352 e. The minimum Gasteiger partial charge on any atom is -0.477 e. The maximum Gasteiger partial charge on any atom is 0.352 e. The first-order valence-electron chi connectivity index (χ1n) is 13.2. The lowest BCUT2D eigenvalue weighted by molar-refractivity contribution is -0.662. The maximum absolute atomic E-state index is 13.3. The quantitative estimate of drug-likeness (QED) is 0.128. The van der Waals surface area contributed by atoms with E-state index in [2.05, 4.69) is 24.8 Å². The molecule has 220 valence electrons. The Labute approximate surface area is 248 Å². The van der Waals surface area contributed by atoms with Gasteiger partial charge in [0.05, 0.1) is 26.0 Å². The fourth-order valence-electron chi connectivity index (χ4n) is 5.36. The molecule has 0 spiro atoms. The van der Waals surface area contributed by atoms with Crippen LogP contribution in [0.1, 0.15) is 11.4 Å². The number of thioether (sulfide) groups is 1. The first kappa shape index (κ1) is 28.1. The highest BCUT2D eigenvalue weighted by Gasteiger charge is 2.54. The molecule has 3 aliphatic heterocycles. The van der Waals surface area contributed by atoms with Crippen molar-refractivity contribution in [2.45, 2.75) is 24.5 Å². The number of oxime groups is 1. The zero-order chi connectivity index (χ0) is 29.4. The van der Waals surface area contributed by atoms with Crippen LogP contribution in [0.3, 0.4) is 0 Å². The van der Waals surface area contributed by atoms with Crippen LogP contribution in [0.2, 0.25) is 0 Å². The molecule has 2 saturated heterocycles. The van der Waals surface area contributed by atoms with Crippen molar-refractivity contribution in [2.75, 3.05) is 44.9 Å². The lowest BCUT2D eigenvalue weighted by Gasteiger charge is -2.49. The molecule has 0 unspecified atom stereocenters. The molecule has 0 bridgehead atoms. The normalized spacial score (nSPS) is 21.3. The molecule has 0 saturated carbocycles. The summed E-state index contributed by atoms with van der Waals surface area (Å²) >= 11 is 2.54. The van der Waals surface area contributed by atoms with E-state index in [1.165, 1.54) is 23.8 Å². The predicted molar refractivity (Wildman–Crippen MR) is 153 cm³/mol. The number of carboxylic acid groups (broad SMARTS) is 1. The number of thiazole rings is 1. The van der Waals surface area contributed by atoms with Gasteiger partial charge in [-0.05, 0) is 6.07 Å². The molecule has 0 aliphatic carbocycles. The highest BCUT2D eigenvalue weighted by Crippen LogP contribution is 2.40. The number of ether oxygens (including phenoxy) is 1. The van der Waals surface area contributed by atoms with Crippen LogP contribution in [0.4, 0.5) is 5.13 Å². The number of nitrogen functional groups attached to an aromatic ring is 1. The largest absolute Gasteiger partial charge is 0.477 e. The molecular formula is C26H29N8O6S2+. The Morgan fingerprint density at radius 1 is 1.33 bits per heavy atom. The fourth-order valence-corrected chi connectivity index (χ4v) is 7.25. The van der Waals surface area contributed by atoms with Crippen LogP contribution in [0, 0.1) is 0 Å². The van der Waals surface area contributed by atoms with Crippen molar-refractivity contribution in [2.24, 2.45) is 5.16 Å². The second-order valence-corrected chi connectivity index (χ2v) is 11.9. The van der Waals surface area contributed by atoms with E-state index in [9.17, 15) is 19.5 Å². The third kappa shape index (κ3) is 5.21. The third-order valence-electron chi connectivity index (χ3n) is 7.30. The Morgan fingerprint density at radius 2 is 2.14 bits per heavy atom. The van der Waals surface area contributed by atoms with Crippen molar-refractivity contribution >= 4 is 57.4 Å². The number of β-lactam (4-membered cyclic amide) rings is 1. The molecule has 3 aliphatic rings. The Morgan fingerprint density at radius 3 is 2.86 bits per heavy atom. The van der Waals surface area contributed by atoms with Crippen LogP contribution >= 0.6 is 23.1 Å². The number of nitrogens with one attached hydrogen (secondary N) is 1. The Kier molecular flexibility index (Phi) is 7.85. The monoisotopic (exact) mass is 613 g/mol. The molecule has 2 amide bonds. The number of carbonyl (C=O) groups excluding carboxylic acids is 2. The number of aromatic nitrogens is 3. The van der Waals surface area contributed by atoms with Crippen LogP contribution in [0.15, 0.2) is 52.4 Å². The van der Waals surface area contributed by atoms with E-state index in [1.807, 2.05) is 35.2 Å². The van der Waals surface area contributed by atoms with E-state index in [1.54, 1.807) is 5.38 Å². The van der Waals surface area contributed by atoms with Gasteiger partial charge in [0.1, 0.15) is 42.7 Å². The molecule has 16 heteroatoms. The minimum atomic E-state index is -1.19. The number of hydrogen-bond donors (Lipinski definition) is 3. The summed E-state index contributed by atoms with van der Waals surface area (Å²) in [5, 5.41) is 17.9. The molecular weight excluding hydrogens is 584 g/mol. The molecule has 3 aromatic rings. The summed E-state index contributed by atoms with van der Waals surface area (Å²) in [7, 11) is 1.29. The number of amides is 2. The third-order valence-corrected chi connectivity index (χ3v) is 9.31. The van der Waals surface area contributed by atoms with E-state index in [-0.39, 0.29) is 22.2 Å². The molecule has 0 radical (unpaired) electrons. The number of morpholine rings is 1. The highest BCUT2D eigenvalue weighted by atomic mass is 32.2. The maximum atomic E-state index is 13.3. The lowest BCUT2D eigenvalue weighted by Crippen LogP contribution is -2.71. The summed E-state index contributed by atoms with van der Waals surface area (Å²) in [6.45, 7) is 4.12. The summed E-state index contributed by atoms with van der Waals surface area (Å²) in [5.41, 5.74) is 8.33. The number of pyridine rings is 1. The van der Waals surface area contributed by atoms with Crippen LogP contribution in [-0.4, -0.2) is 98.4 Å². The van der Waals surface area contributed by atoms with Gasteiger partial charge in [-0.15, -0.1) is 23.1 Å². The summed E-state index contributed by atoms with van der Waals surface area (Å²) in [6.07, 6.45) is 4.03. The van der Waals surface area contributed by atoms with Crippen LogP contribution in [0.25, 0.3) is 5.65 Å². The minimum absolute atomic E-state index is 0.0511. The molecule has 6 heterocycles. The molecule has 2 atom stereocenters. The van der Waals surface area contributed by atoms with Crippen molar-refractivity contribution in [1.29, 1.82) is 0 Å². The van der Waals surface area contributed by atoms with Gasteiger partial charge < -0.3 is 25.7 Å². The first-order valence-corrected chi connectivity index (χ1v) is 15.1. The SMILES string of the molecule is CO/N=C(\C(=O)N[C@@H]1C(=O)N2C(C(=O)O)=C(C[n+]3cc(CN4CCOCC4)n4ccccc43)CS[C@H]12)c1csc(N)n1. The van der Waals surface area contributed by atoms with Crippen molar-refractivity contribution in [3.63, 3.8) is 0 Å². The Hall–Kier alpha value is -3.99. The van der Waals surface area contributed by atoms with Crippen LogP contribution < -0.4 is 15.6 Å². The number of hydrogen-bond acceptors (Lipinski definition) is 11. The van der Waals surface area contributed by atoms with Crippen molar-refractivity contribution in [3.8, 4) is 0 Å². The molecule has 2 fully saturated rings. The van der Waals surface area contributed by atoms with Gasteiger partial charge in [0.25, 0.3) is 17.5 Å². The number of carbonyl (C=O) groups is 3. The fraction of sp³-hybridized carbons (Fsp3) is 0.385. The summed E-state index contributed by atoms with van der Waals surface area (Å²) in [5.74, 6) is -1.99. The first-order chi connectivity index (χ1) is 20.4. The van der Waals surface area contributed by atoms with Gasteiger partial charge in [0.2, 0.25) is 0 Å². The summed E-state index contributed by atoms with van der Waals surface area (Å²) in [4.78, 5) is 51.3. The lowest BCUT2D eigenvalue weighted by atomic mass is 10.0. The highest BCUT2D eigenvalue weighted by molar-refractivity contribution is 8.00. The molecule has 6 rings (SSSR count). The standard InChI is InChI=1S/C26H28N8O6S2/c1-39-30-19(17-14-42-26(27)28-17)22(35)29-20-23(36)34-21(25(37)38)15(13-41-24(20)34)10-32-12-16(11-31-6-8-40-9-7-31)33-5-3-2-4-18(32)33/h2-5,12,14,20,24H,6-11,13H2,1H3,(H3-,27,28,29,35,37,38)/p+1/b30-19-/t20-,24-/m1/s1. The number of imidazole rings is 1. The number of carboxylic acids is 1. The van der Waals surface area contributed by atoms with E-state index >= 15 is 0 Å². The van der Waals surface area contributed by atoms with Gasteiger partial charge in [-0.25, -0.2) is 14.3 Å². The van der Waals surface area contributed by atoms with E-state index < -0.39 is 29.2 Å². The van der Waals surface area contributed by atoms with Crippen LogP contribution in [0.5, 0.6) is 0 Å². The Balaban J connectivity index is 1.23. The van der Waals surface area contributed by atoms with Gasteiger partial charge in [-0.1, -0.05) is 11.2 Å². The van der Waals surface area contributed by atoms with Gasteiger partial charge in [0, 0.05) is 35.9 Å². The number of aliphatic carboxylic acids is 1. The average Bonchev–Trinajstić information content (AvgIpc) is 3.57. The van der Waals surface area contributed by atoms with Crippen molar-refractivity contribution in [3.05, 3.63) is 58.6 Å². The predicted octanol–water partition coefficient (Wildman–Crippen LogP) is -0.113. The van der Waals surface area contributed by atoms with E-state index in [0.717, 1.165) is 42.3 Å². The Bertz CT molecular complexity index is 1610. The van der Waals surface area contributed by atoms with Gasteiger partial charge in [-0.3, -0.25) is 19.4 Å². The second-order valence-electron chi connectivity index (χ2n) is 9.88. The van der Waals surface area contributed by atoms with Gasteiger partial charge in [-0.2, -0.15) is 4.40 Å². The van der Waals surface area contributed by atoms with Crippen molar-refractivity contribution in [1.82, 2.24) is 24.5 Å².